The van der Waals surface area contributed by atoms with Gasteiger partial charge in [-0.1, -0.05) is 0 Å². The number of nitrogens with zero attached hydrogens (tertiary/aromatic N) is 1. The molecule has 1 rings (SSSR count). The Kier molecular flexibility index (Phi) is 2.43. The summed E-state index contributed by atoms with van der Waals surface area (Å²) in [5, 5.41) is 0. The topological polar surface area (TPSA) is 48.4 Å². The lowest BCUT2D eigenvalue weighted by molar-refractivity contribution is -0.211. The van der Waals surface area contributed by atoms with Crippen LogP contribution in [0.15, 0.2) is 24.5 Å². The second-order valence-electron chi connectivity index (χ2n) is 1.85. The maximum Gasteiger partial charge on any atom is 0.352 e. The van der Waals surface area contributed by atoms with Gasteiger partial charge in [-0.15, -0.1) is 0 Å². The SMILES string of the molecule is CC(=O)OOc1cccnc1. The first kappa shape index (κ1) is 7.53. The van der Waals surface area contributed by atoms with Crippen molar-refractivity contribution in [1.29, 1.82) is 0 Å². The summed E-state index contributed by atoms with van der Waals surface area (Å²) in [6, 6.07) is 3.31. The minimum absolute atomic E-state index is 0.405. The van der Waals surface area contributed by atoms with Gasteiger partial charge < -0.3 is 0 Å². The lowest BCUT2D eigenvalue weighted by Crippen LogP contribution is -2.02. The molecule has 0 saturated carbocycles. The molecule has 0 aromatic carbocycles. The molecule has 0 spiro atoms. The number of rotatable bonds is 2. The summed E-state index contributed by atoms with van der Waals surface area (Å²) in [5.74, 6) is -0.0865. The molecule has 0 unspecified atom stereocenters. The molecule has 4 nitrogen and oxygen atoms in total. The zero-order chi connectivity index (χ0) is 8.10. The first-order chi connectivity index (χ1) is 5.29. The van der Waals surface area contributed by atoms with Crippen LogP contribution in [0.3, 0.4) is 0 Å². The number of carbonyl (C=O) groups excluding carboxylic acids is 1. The molecule has 0 radical (unpaired) electrons. The van der Waals surface area contributed by atoms with E-state index in [1.54, 1.807) is 18.3 Å². The summed E-state index contributed by atoms with van der Waals surface area (Å²) < 4.78 is 0. The Morgan fingerprint density at radius 1 is 1.64 bits per heavy atom. The number of pyridine rings is 1. The van der Waals surface area contributed by atoms with Gasteiger partial charge in [0, 0.05) is 13.1 Å². The largest absolute Gasteiger partial charge is 0.352 e. The number of hydrogen-bond acceptors (Lipinski definition) is 4. The van der Waals surface area contributed by atoms with E-state index in [-0.39, 0.29) is 0 Å². The summed E-state index contributed by atoms with van der Waals surface area (Å²) in [5.41, 5.74) is 0. The highest BCUT2D eigenvalue weighted by molar-refractivity contribution is 5.65. The van der Waals surface area contributed by atoms with Gasteiger partial charge in [0.1, 0.15) is 0 Å². The summed E-state index contributed by atoms with van der Waals surface area (Å²) >= 11 is 0. The highest BCUT2D eigenvalue weighted by atomic mass is 17.2. The molecular weight excluding hydrogens is 146 g/mol. The number of hydrogen-bond donors (Lipinski definition) is 0. The van der Waals surface area contributed by atoms with Crippen LogP contribution in [0.1, 0.15) is 6.92 Å². The quantitative estimate of drug-likeness (QED) is 0.468. The molecule has 11 heavy (non-hydrogen) atoms. The van der Waals surface area contributed by atoms with Crippen molar-refractivity contribution in [3.05, 3.63) is 24.5 Å². The number of aromatic nitrogens is 1. The molecule has 0 saturated heterocycles. The first-order valence-corrected chi connectivity index (χ1v) is 3.04. The fourth-order valence-electron chi connectivity index (χ4n) is 0.503. The van der Waals surface area contributed by atoms with E-state index in [2.05, 4.69) is 14.8 Å². The van der Waals surface area contributed by atoms with E-state index in [0.29, 0.717) is 5.75 Å². The van der Waals surface area contributed by atoms with Crippen molar-refractivity contribution in [1.82, 2.24) is 4.98 Å². The fraction of sp³-hybridized carbons (Fsp3) is 0.143. The Hall–Kier alpha value is -1.58. The molecule has 0 bridgehead atoms. The van der Waals surface area contributed by atoms with Gasteiger partial charge in [-0.2, -0.15) is 0 Å². The van der Waals surface area contributed by atoms with Crippen LogP contribution < -0.4 is 4.89 Å². The van der Waals surface area contributed by atoms with Crippen molar-refractivity contribution in [2.75, 3.05) is 0 Å². The molecule has 0 aliphatic heterocycles. The smallest absolute Gasteiger partial charge is 0.285 e. The highest BCUT2D eigenvalue weighted by Crippen LogP contribution is 2.05. The third-order valence-corrected chi connectivity index (χ3v) is 0.890. The lowest BCUT2D eigenvalue weighted by Gasteiger charge is -1.99. The molecule has 4 heteroatoms. The molecule has 0 N–H and O–H groups in total. The van der Waals surface area contributed by atoms with Crippen LogP contribution >= 0.6 is 0 Å². The van der Waals surface area contributed by atoms with Crippen LogP contribution in [0.5, 0.6) is 5.75 Å². The van der Waals surface area contributed by atoms with Crippen molar-refractivity contribution in [2.45, 2.75) is 6.92 Å². The highest BCUT2D eigenvalue weighted by Gasteiger charge is 1.95. The maximum absolute atomic E-state index is 10.2. The molecule has 0 amide bonds. The zero-order valence-electron chi connectivity index (χ0n) is 5.98. The normalized spacial score (nSPS) is 8.82. The van der Waals surface area contributed by atoms with Crippen LogP contribution in [0, 0.1) is 0 Å². The molecule has 1 aromatic rings. The van der Waals surface area contributed by atoms with Gasteiger partial charge in [0.15, 0.2) is 5.75 Å². The van der Waals surface area contributed by atoms with Crippen LogP contribution in [0.25, 0.3) is 0 Å². The third kappa shape index (κ3) is 2.66. The molecule has 0 atom stereocenters. The molecular formula is C7H7NO3. The maximum atomic E-state index is 10.2. The van der Waals surface area contributed by atoms with Crippen LogP contribution in [-0.4, -0.2) is 11.0 Å². The van der Waals surface area contributed by atoms with Gasteiger partial charge in [-0.3, -0.25) is 14.8 Å². The van der Waals surface area contributed by atoms with Gasteiger partial charge in [-0.05, 0) is 12.1 Å². The van der Waals surface area contributed by atoms with E-state index in [4.69, 9.17) is 0 Å². The average molecular weight is 153 g/mol. The Bertz CT molecular complexity index is 235. The van der Waals surface area contributed by atoms with E-state index in [1.807, 2.05) is 0 Å². The van der Waals surface area contributed by atoms with Crippen LogP contribution in [0.4, 0.5) is 0 Å². The second-order valence-corrected chi connectivity index (χ2v) is 1.85. The Morgan fingerprint density at radius 2 is 2.45 bits per heavy atom. The van der Waals surface area contributed by atoms with Crippen molar-refractivity contribution in [2.24, 2.45) is 0 Å². The molecule has 0 aliphatic carbocycles. The predicted octanol–water partition coefficient (Wildman–Crippen LogP) is 0.938. The molecule has 0 aliphatic rings. The first-order valence-electron chi connectivity index (χ1n) is 3.04. The van der Waals surface area contributed by atoms with E-state index < -0.39 is 5.97 Å². The van der Waals surface area contributed by atoms with Crippen molar-refractivity contribution >= 4 is 5.97 Å². The Morgan fingerprint density at radius 3 is 3.00 bits per heavy atom. The van der Waals surface area contributed by atoms with E-state index in [0.717, 1.165) is 0 Å². The monoisotopic (exact) mass is 153 g/mol. The lowest BCUT2D eigenvalue weighted by atomic mass is 10.5. The second kappa shape index (κ2) is 3.55. The van der Waals surface area contributed by atoms with Crippen LogP contribution in [-0.2, 0) is 9.68 Å². The minimum atomic E-state index is -0.492. The zero-order valence-corrected chi connectivity index (χ0v) is 5.98. The summed E-state index contributed by atoms with van der Waals surface area (Å²) in [7, 11) is 0. The van der Waals surface area contributed by atoms with E-state index >= 15 is 0 Å². The third-order valence-electron chi connectivity index (χ3n) is 0.890. The predicted molar refractivity (Wildman–Crippen MR) is 36.6 cm³/mol. The Balaban J connectivity index is 2.45. The van der Waals surface area contributed by atoms with Gasteiger partial charge in [0.05, 0.1) is 6.20 Å². The minimum Gasteiger partial charge on any atom is -0.285 e. The van der Waals surface area contributed by atoms with E-state index in [1.165, 1.54) is 13.1 Å². The fourth-order valence-corrected chi connectivity index (χ4v) is 0.503. The summed E-state index contributed by atoms with van der Waals surface area (Å²) in [6.07, 6.45) is 3.05. The van der Waals surface area contributed by atoms with E-state index in [9.17, 15) is 4.79 Å². The van der Waals surface area contributed by atoms with Crippen molar-refractivity contribution in [3.8, 4) is 5.75 Å². The molecule has 1 heterocycles. The molecule has 1 aromatic heterocycles. The molecule has 58 valence electrons. The van der Waals surface area contributed by atoms with Gasteiger partial charge in [0.25, 0.3) is 0 Å². The van der Waals surface area contributed by atoms with Gasteiger partial charge in [0.2, 0.25) is 0 Å². The number of carbonyl (C=O) groups is 1. The summed E-state index contributed by atoms with van der Waals surface area (Å²) in [6.45, 7) is 1.26. The standard InChI is InChI=1S/C7H7NO3/c1-6(9)10-11-7-3-2-4-8-5-7/h2-5H,1H3. The Labute approximate surface area is 63.7 Å². The van der Waals surface area contributed by atoms with Crippen molar-refractivity contribution < 1.29 is 14.6 Å². The van der Waals surface area contributed by atoms with Crippen molar-refractivity contribution in [3.63, 3.8) is 0 Å². The molecule has 0 fully saturated rings. The summed E-state index contributed by atoms with van der Waals surface area (Å²) in [4.78, 5) is 22.8. The average Bonchev–Trinajstić information content (AvgIpc) is 2.03. The van der Waals surface area contributed by atoms with Gasteiger partial charge in [-0.25, -0.2) is 4.79 Å². The van der Waals surface area contributed by atoms with Gasteiger partial charge >= 0.3 is 5.97 Å². The van der Waals surface area contributed by atoms with Crippen LogP contribution in [0.2, 0.25) is 0 Å².